The maximum absolute atomic E-state index is 11.4. The van der Waals surface area contributed by atoms with Gasteiger partial charge < -0.3 is 10.0 Å². The zero-order chi connectivity index (χ0) is 15.4. The standard InChI is InChI=1S/C16H17BrN2O2/c1-3-19(10-13-6-4-5-11(2)18-13)15-8-7-12(17)9-14(15)16(20)21/h4-9H,3,10H2,1-2H3,(H,20,21). The first kappa shape index (κ1) is 15.5. The Labute approximate surface area is 132 Å². The van der Waals surface area contributed by atoms with Gasteiger partial charge in [0.1, 0.15) is 0 Å². The lowest BCUT2D eigenvalue weighted by Gasteiger charge is -2.24. The number of anilines is 1. The molecule has 0 amide bonds. The summed E-state index contributed by atoms with van der Waals surface area (Å²) in [7, 11) is 0. The normalized spacial score (nSPS) is 10.4. The molecule has 2 aromatic rings. The average Bonchev–Trinajstić information content (AvgIpc) is 2.45. The van der Waals surface area contributed by atoms with Gasteiger partial charge in [-0.15, -0.1) is 0 Å². The van der Waals surface area contributed by atoms with Crippen molar-refractivity contribution in [2.45, 2.75) is 20.4 Å². The van der Waals surface area contributed by atoms with Gasteiger partial charge in [0.15, 0.2) is 0 Å². The van der Waals surface area contributed by atoms with Crippen LogP contribution < -0.4 is 4.90 Å². The summed E-state index contributed by atoms with van der Waals surface area (Å²) in [6.07, 6.45) is 0. The number of carbonyl (C=O) groups is 1. The summed E-state index contributed by atoms with van der Waals surface area (Å²) >= 11 is 3.32. The first-order chi connectivity index (χ1) is 10.0. The predicted molar refractivity (Wildman–Crippen MR) is 86.8 cm³/mol. The molecule has 0 aliphatic heterocycles. The van der Waals surface area contributed by atoms with Crippen molar-refractivity contribution in [2.24, 2.45) is 0 Å². The molecule has 21 heavy (non-hydrogen) atoms. The van der Waals surface area contributed by atoms with E-state index in [1.165, 1.54) is 0 Å². The second kappa shape index (κ2) is 6.72. The Bertz CT molecular complexity index is 658. The lowest BCUT2D eigenvalue weighted by molar-refractivity contribution is 0.0697. The fraction of sp³-hybridized carbons (Fsp3) is 0.250. The zero-order valence-corrected chi connectivity index (χ0v) is 13.6. The van der Waals surface area contributed by atoms with Crippen molar-refractivity contribution in [3.8, 4) is 0 Å². The van der Waals surface area contributed by atoms with Gasteiger partial charge in [0, 0.05) is 16.7 Å². The predicted octanol–water partition coefficient (Wildman–Crippen LogP) is 3.88. The van der Waals surface area contributed by atoms with E-state index in [4.69, 9.17) is 0 Å². The summed E-state index contributed by atoms with van der Waals surface area (Å²) in [6.45, 7) is 5.24. The highest BCUT2D eigenvalue weighted by atomic mass is 79.9. The molecule has 0 spiro atoms. The third-order valence-corrected chi connectivity index (χ3v) is 3.70. The van der Waals surface area contributed by atoms with Crippen molar-refractivity contribution in [3.05, 3.63) is 57.8 Å². The molecule has 0 saturated carbocycles. The molecule has 2 rings (SSSR count). The van der Waals surface area contributed by atoms with Crippen LogP contribution in [-0.4, -0.2) is 22.6 Å². The van der Waals surface area contributed by atoms with Crippen LogP contribution in [-0.2, 0) is 6.54 Å². The monoisotopic (exact) mass is 348 g/mol. The van der Waals surface area contributed by atoms with Crippen molar-refractivity contribution >= 4 is 27.6 Å². The Morgan fingerprint density at radius 3 is 2.71 bits per heavy atom. The molecule has 1 heterocycles. The Morgan fingerprint density at radius 2 is 2.10 bits per heavy atom. The summed E-state index contributed by atoms with van der Waals surface area (Å²) in [5.41, 5.74) is 2.88. The van der Waals surface area contributed by atoms with Gasteiger partial charge in [0.2, 0.25) is 0 Å². The highest BCUT2D eigenvalue weighted by Gasteiger charge is 2.16. The zero-order valence-electron chi connectivity index (χ0n) is 12.0. The molecule has 0 aliphatic carbocycles. The highest BCUT2D eigenvalue weighted by molar-refractivity contribution is 9.10. The second-order valence-electron chi connectivity index (χ2n) is 4.75. The molecule has 0 fully saturated rings. The lowest BCUT2D eigenvalue weighted by atomic mass is 10.1. The van der Waals surface area contributed by atoms with E-state index in [2.05, 4.69) is 20.9 Å². The van der Waals surface area contributed by atoms with Gasteiger partial charge in [0.25, 0.3) is 0 Å². The Hall–Kier alpha value is -1.88. The van der Waals surface area contributed by atoms with Crippen molar-refractivity contribution < 1.29 is 9.90 Å². The molecular weight excluding hydrogens is 332 g/mol. The molecule has 0 bridgehead atoms. The van der Waals surface area contributed by atoms with Crippen molar-refractivity contribution in [2.75, 3.05) is 11.4 Å². The van der Waals surface area contributed by atoms with Gasteiger partial charge in [-0.05, 0) is 44.2 Å². The van der Waals surface area contributed by atoms with Gasteiger partial charge in [-0.25, -0.2) is 4.79 Å². The molecule has 4 nitrogen and oxygen atoms in total. The van der Waals surface area contributed by atoms with E-state index in [1.54, 1.807) is 6.07 Å². The van der Waals surface area contributed by atoms with E-state index < -0.39 is 5.97 Å². The number of aromatic nitrogens is 1. The maximum atomic E-state index is 11.4. The number of rotatable bonds is 5. The molecule has 0 atom stereocenters. The molecular formula is C16H17BrN2O2. The SMILES string of the molecule is CCN(Cc1cccc(C)n1)c1ccc(Br)cc1C(=O)O. The number of aromatic carboxylic acids is 1. The fourth-order valence-corrected chi connectivity index (χ4v) is 2.57. The van der Waals surface area contributed by atoms with Crippen LogP contribution in [0.5, 0.6) is 0 Å². The molecule has 1 N–H and O–H groups in total. The summed E-state index contributed by atoms with van der Waals surface area (Å²) in [5, 5.41) is 9.38. The quantitative estimate of drug-likeness (QED) is 0.890. The number of hydrogen-bond acceptors (Lipinski definition) is 3. The smallest absolute Gasteiger partial charge is 0.337 e. The van der Waals surface area contributed by atoms with Crippen LogP contribution >= 0.6 is 15.9 Å². The van der Waals surface area contributed by atoms with Crippen LogP contribution in [0.25, 0.3) is 0 Å². The molecule has 1 aromatic carbocycles. The number of carboxylic acids is 1. The summed E-state index contributed by atoms with van der Waals surface area (Å²) in [6, 6.07) is 11.2. The number of benzene rings is 1. The van der Waals surface area contributed by atoms with E-state index >= 15 is 0 Å². The van der Waals surface area contributed by atoms with Gasteiger partial charge in [0.05, 0.1) is 23.5 Å². The van der Waals surface area contributed by atoms with E-state index in [-0.39, 0.29) is 0 Å². The second-order valence-corrected chi connectivity index (χ2v) is 5.67. The van der Waals surface area contributed by atoms with Gasteiger partial charge in [-0.1, -0.05) is 22.0 Å². The maximum Gasteiger partial charge on any atom is 0.337 e. The van der Waals surface area contributed by atoms with Gasteiger partial charge >= 0.3 is 5.97 Å². The minimum atomic E-state index is -0.929. The van der Waals surface area contributed by atoms with Crippen molar-refractivity contribution in [3.63, 3.8) is 0 Å². The van der Waals surface area contributed by atoms with Crippen molar-refractivity contribution in [1.29, 1.82) is 0 Å². The Morgan fingerprint density at radius 1 is 1.33 bits per heavy atom. The summed E-state index contributed by atoms with van der Waals surface area (Å²) in [5.74, 6) is -0.929. The van der Waals surface area contributed by atoms with E-state index in [0.29, 0.717) is 24.3 Å². The fourth-order valence-electron chi connectivity index (χ4n) is 2.21. The average molecular weight is 349 g/mol. The van der Waals surface area contributed by atoms with Crippen LogP contribution in [0.3, 0.4) is 0 Å². The van der Waals surface area contributed by atoms with Crippen LogP contribution in [0.2, 0.25) is 0 Å². The van der Waals surface area contributed by atoms with Gasteiger partial charge in [-0.3, -0.25) is 4.98 Å². The molecule has 5 heteroatoms. The Balaban J connectivity index is 2.35. The van der Waals surface area contributed by atoms with Crippen molar-refractivity contribution in [1.82, 2.24) is 4.98 Å². The van der Waals surface area contributed by atoms with E-state index in [9.17, 15) is 9.90 Å². The lowest BCUT2D eigenvalue weighted by Crippen LogP contribution is -2.24. The van der Waals surface area contributed by atoms with Crippen LogP contribution in [0.4, 0.5) is 5.69 Å². The highest BCUT2D eigenvalue weighted by Crippen LogP contribution is 2.26. The van der Waals surface area contributed by atoms with Crippen LogP contribution in [0, 0.1) is 6.92 Å². The first-order valence-corrected chi connectivity index (χ1v) is 7.51. The molecule has 0 unspecified atom stereocenters. The van der Waals surface area contributed by atoms with Gasteiger partial charge in [-0.2, -0.15) is 0 Å². The Kier molecular flexibility index (Phi) is 4.96. The number of pyridine rings is 1. The van der Waals surface area contributed by atoms with Crippen LogP contribution in [0.1, 0.15) is 28.7 Å². The third-order valence-electron chi connectivity index (χ3n) is 3.21. The van der Waals surface area contributed by atoms with E-state index in [0.717, 1.165) is 15.9 Å². The largest absolute Gasteiger partial charge is 0.478 e. The number of aryl methyl sites for hydroxylation is 1. The van der Waals surface area contributed by atoms with Crippen LogP contribution in [0.15, 0.2) is 40.9 Å². The molecule has 0 saturated heterocycles. The first-order valence-electron chi connectivity index (χ1n) is 6.71. The molecule has 110 valence electrons. The molecule has 0 aliphatic rings. The number of nitrogens with zero attached hydrogens (tertiary/aromatic N) is 2. The summed E-state index contributed by atoms with van der Waals surface area (Å²) < 4.78 is 0.758. The number of carboxylic acid groups (broad SMARTS) is 1. The van der Waals surface area contributed by atoms with E-state index in [1.807, 2.05) is 49.1 Å². The minimum Gasteiger partial charge on any atom is -0.478 e. The summed E-state index contributed by atoms with van der Waals surface area (Å²) in [4.78, 5) is 17.9. The minimum absolute atomic E-state index is 0.291. The topological polar surface area (TPSA) is 53.4 Å². The number of hydrogen-bond donors (Lipinski definition) is 1. The number of halogens is 1. The molecule has 0 radical (unpaired) electrons. The third kappa shape index (κ3) is 3.82. The molecule has 1 aromatic heterocycles.